The Balaban J connectivity index is 2.17. The summed E-state index contributed by atoms with van der Waals surface area (Å²) >= 11 is 0. The second kappa shape index (κ2) is 9.03. The third-order valence-corrected chi connectivity index (χ3v) is 4.15. The maximum atomic E-state index is 12.0. The molecule has 0 aliphatic carbocycles. The van der Waals surface area contributed by atoms with Gasteiger partial charge in [-0.15, -0.1) is 0 Å². The highest BCUT2D eigenvalue weighted by molar-refractivity contribution is 6.00. The van der Waals surface area contributed by atoms with Crippen molar-refractivity contribution in [2.75, 3.05) is 20.2 Å². The molecule has 0 saturated carbocycles. The van der Waals surface area contributed by atoms with Gasteiger partial charge in [0.25, 0.3) is 5.91 Å². The number of aromatic amines is 1. The van der Waals surface area contributed by atoms with Gasteiger partial charge in [0, 0.05) is 18.3 Å². The van der Waals surface area contributed by atoms with Crippen molar-refractivity contribution in [3.05, 3.63) is 53.3 Å². The Morgan fingerprint density at radius 3 is 2.64 bits per heavy atom. The molecule has 0 saturated heterocycles. The van der Waals surface area contributed by atoms with Crippen molar-refractivity contribution in [1.29, 1.82) is 0 Å². The fourth-order valence-corrected chi connectivity index (χ4v) is 2.55. The number of aromatic nitrogens is 1. The second-order valence-corrected chi connectivity index (χ2v) is 5.71. The van der Waals surface area contributed by atoms with Crippen molar-refractivity contribution in [1.82, 2.24) is 15.3 Å². The van der Waals surface area contributed by atoms with Crippen LogP contribution < -0.4 is 10.2 Å². The molecule has 2 N–H and O–H groups in total. The minimum atomic E-state index is -0.263. The first kappa shape index (κ1) is 18.7. The van der Waals surface area contributed by atoms with Crippen molar-refractivity contribution in [3.8, 4) is 5.75 Å². The number of H-pyrrole nitrogens is 1. The predicted molar refractivity (Wildman–Crippen MR) is 100 cm³/mol. The van der Waals surface area contributed by atoms with E-state index in [2.05, 4.69) is 40.3 Å². The van der Waals surface area contributed by atoms with Gasteiger partial charge >= 0.3 is 0 Å². The van der Waals surface area contributed by atoms with Gasteiger partial charge in [0.2, 0.25) is 0 Å². The van der Waals surface area contributed by atoms with Gasteiger partial charge in [0.1, 0.15) is 11.4 Å². The number of hydrazone groups is 1. The highest BCUT2D eigenvalue weighted by Crippen LogP contribution is 2.22. The van der Waals surface area contributed by atoms with Gasteiger partial charge in [-0.25, -0.2) is 5.43 Å². The van der Waals surface area contributed by atoms with Gasteiger partial charge in [0.15, 0.2) is 0 Å². The molecule has 134 valence electrons. The van der Waals surface area contributed by atoms with E-state index >= 15 is 0 Å². The Morgan fingerprint density at radius 2 is 2.04 bits per heavy atom. The Bertz CT molecular complexity index is 719. The van der Waals surface area contributed by atoms with Crippen LogP contribution in [0.4, 0.5) is 0 Å². The molecule has 2 rings (SSSR count). The molecule has 0 unspecified atom stereocenters. The van der Waals surface area contributed by atoms with Crippen LogP contribution in [0.2, 0.25) is 0 Å². The molecule has 1 aromatic heterocycles. The summed E-state index contributed by atoms with van der Waals surface area (Å²) in [6, 6.07) is 9.44. The number of nitrogens with one attached hydrogen (secondary N) is 2. The Kier molecular flexibility index (Phi) is 6.77. The Labute approximate surface area is 148 Å². The van der Waals surface area contributed by atoms with Crippen molar-refractivity contribution in [3.63, 3.8) is 0 Å². The van der Waals surface area contributed by atoms with Gasteiger partial charge in [-0.2, -0.15) is 5.10 Å². The third kappa shape index (κ3) is 4.93. The molecule has 6 nitrogen and oxygen atoms in total. The fourth-order valence-electron chi connectivity index (χ4n) is 2.55. The van der Waals surface area contributed by atoms with E-state index in [0.717, 1.165) is 42.2 Å². The quantitative estimate of drug-likeness (QED) is 0.572. The van der Waals surface area contributed by atoms with Gasteiger partial charge < -0.3 is 9.72 Å². The summed E-state index contributed by atoms with van der Waals surface area (Å²) in [5.74, 6) is 0.597. The first-order valence-electron chi connectivity index (χ1n) is 8.46. The molecular formula is C19H26N4O2. The lowest BCUT2D eigenvalue weighted by Gasteiger charge is -2.20. The number of rotatable bonds is 8. The van der Waals surface area contributed by atoms with Crippen LogP contribution >= 0.6 is 0 Å². The fraction of sp³-hybridized carbons (Fsp3) is 0.368. The Morgan fingerprint density at radius 1 is 1.28 bits per heavy atom. The molecule has 0 atom stereocenters. The lowest BCUT2D eigenvalue weighted by Crippen LogP contribution is -2.23. The molecule has 1 aromatic carbocycles. The summed E-state index contributed by atoms with van der Waals surface area (Å²) < 4.78 is 5.48. The maximum absolute atomic E-state index is 12.0. The first-order chi connectivity index (χ1) is 12.1. The second-order valence-electron chi connectivity index (χ2n) is 5.71. The molecule has 1 amide bonds. The summed E-state index contributed by atoms with van der Waals surface area (Å²) in [6.45, 7) is 8.92. The van der Waals surface area contributed by atoms with Gasteiger partial charge in [-0.05, 0) is 55.9 Å². The molecule has 0 aliphatic rings. The van der Waals surface area contributed by atoms with E-state index in [1.807, 2.05) is 19.1 Å². The van der Waals surface area contributed by atoms with E-state index in [-0.39, 0.29) is 5.91 Å². The summed E-state index contributed by atoms with van der Waals surface area (Å²) in [7, 11) is 1.68. The molecule has 0 aliphatic heterocycles. The standard InChI is InChI=1S/C19H26N4O2/c1-5-23(6-2)13-16-12-15(9-10-18(16)25-4)14(3)21-22-19(24)17-8-7-11-20-17/h7-12,20H,5-6,13H2,1-4H3,(H,22,24)/b21-14-. The van der Waals surface area contributed by atoms with E-state index in [1.54, 1.807) is 25.4 Å². The minimum Gasteiger partial charge on any atom is -0.496 e. The summed E-state index contributed by atoms with van der Waals surface area (Å²) in [5, 5.41) is 4.21. The van der Waals surface area contributed by atoms with Crippen LogP contribution in [0.5, 0.6) is 5.75 Å². The van der Waals surface area contributed by atoms with Crippen LogP contribution in [0, 0.1) is 0 Å². The summed E-state index contributed by atoms with van der Waals surface area (Å²) in [5.41, 5.74) is 5.85. The monoisotopic (exact) mass is 342 g/mol. The molecule has 25 heavy (non-hydrogen) atoms. The lowest BCUT2D eigenvalue weighted by molar-refractivity contribution is 0.0950. The summed E-state index contributed by atoms with van der Waals surface area (Å²) in [6.07, 6.45) is 1.70. The number of nitrogens with zero attached hydrogens (tertiary/aromatic N) is 2. The van der Waals surface area contributed by atoms with Crippen LogP contribution in [0.25, 0.3) is 0 Å². The minimum absolute atomic E-state index is 0.263. The molecule has 6 heteroatoms. The zero-order valence-corrected chi connectivity index (χ0v) is 15.3. The average Bonchev–Trinajstić information content (AvgIpc) is 3.18. The van der Waals surface area contributed by atoms with Crippen LogP contribution in [0.3, 0.4) is 0 Å². The first-order valence-corrected chi connectivity index (χ1v) is 8.46. The van der Waals surface area contributed by atoms with E-state index in [4.69, 9.17) is 4.74 Å². The van der Waals surface area contributed by atoms with E-state index in [0.29, 0.717) is 5.69 Å². The molecule has 0 bridgehead atoms. The summed E-state index contributed by atoms with van der Waals surface area (Å²) in [4.78, 5) is 17.1. The normalized spacial score (nSPS) is 11.6. The number of carbonyl (C=O) groups excluding carboxylic acids is 1. The van der Waals surface area contributed by atoms with Crippen molar-refractivity contribution >= 4 is 11.6 Å². The highest BCUT2D eigenvalue weighted by atomic mass is 16.5. The number of ether oxygens (including phenoxy) is 1. The molecule has 0 fully saturated rings. The lowest BCUT2D eigenvalue weighted by atomic mass is 10.1. The van der Waals surface area contributed by atoms with E-state index in [9.17, 15) is 4.79 Å². The average molecular weight is 342 g/mol. The smallest absolute Gasteiger partial charge is 0.287 e. The number of hydrogen-bond donors (Lipinski definition) is 2. The number of carbonyl (C=O) groups is 1. The molecule has 0 radical (unpaired) electrons. The van der Waals surface area contributed by atoms with Gasteiger partial charge in [0.05, 0.1) is 12.8 Å². The van der Waals surface area contributed by atoms with E-state index < -0.39 is 0 Å². The van der Waals surface area contributed by atoms with Gasteiger partial charge in [-0.1, -0.05) is 13.8 Å². The molecule has 2 aromatic rings. The highest BCUT2D eigenvalue weighted by Gasteiger charge is 2.10. The topological polar surface area (TPSA) is 69.7 Å². The number of benzene rings is 1. The molecule has 0 spiro atoms. The third-order valence-electron chi connectivity index (χ3n) is 4.15. The number of methoxy groups -OCH3 is 1. The number of hydrogen-bond acceptors (Lipinski definition) is 4. The van der Waals surface area contributed by atoms with Crippen LogP contribution in [-0.4, -0.2) is 41.7 Å². The zero-order valence-electron chi connectivity index (χ0n) is 15.3. The van der Waals surface area contributed by atoms with Crippen LogP contribution in [0.1, 0.15) is 42.4 Å². The molecule has 1 heterocycles. The molecular weight excluding hydrogens is 316 g/mol. The van der Waals surface area contributed by atoms with Crippen molar-refractivity contribution in [2.45, 2.75) is 27.3 Å². The predicted octanol–water partition coefficient (Wildman–Crippen LogP) is 3.02. The number of amides is 1. The van der Waals surface area contributed by atoms with E-state index in [1.165, 1.54) is 0 Å². The zero-order chi connectivity index (χ0) is 18.2. The van der Waals surface area contributed by atoms with Crippen molar-refractivity contribution in [2.24, 2.45) is 5.10 Å². The van der Waals surface area contributed by atoms with Crippen LogP contribution in [0.15, 0.2) is 41.6 Å². The van der Waals surface area contributed by atoms with Gasteiger partial charge in [-0.3, -0.25) is 9.69 Å². The largest absolute Gasteiger partial charge is 0.496 e. The van der Waals surface area contributed by atoms with Crippen molar-refractivity contribution < 1.29 is 9.53 Å². The van der Waals surface area contributed by atoms with Crippen LogP contribution in [-0.2, 0) is 6.54 Å². The maximum Gasteiger partial charge on any atom is 0.287 e. The Hall–Kier alpha value is -2.60. The SMILES string of the molecule is CCN(CC)Cc1cc(/C(C)=N\NC(=O)c2ccc[nH]2)ccc1OC.